The number of anilines is 1. The van der Waals surface area contributed by atoms with Gasteiger partial charge in [0.2, 0.25) is 6.29 Å². The van der Waals surface area contributed by atoms with Crippen LogP contribution in [0.4, 0.5) is 5.69 Å². The molecule has 5 nitrogen and oxygen atoms in total. The number of benzene rings is 1. The molecule has 144 valence electrons. The van der Waals surface area contributed by atoms with Crippen LogP contribution >= 0.6 is 27.5 Å². The van der Waals surface area contributed by atoms with Crippen LogP contribution in [0.15, 0.2) is 34.4 Å². The first-order chi connectivity index (χ1) is 13.5. The number of likely N-dealkylation sites (tertiary alicyclic amines) is 1. The molecule has 28 heavy (non-hydrogen) atoms. The minimum Gasteiger partial charge on any atom is -0.398 e. The molecule has 1 aliphatic heterocycles. The normalized spacial score (nSPS) is 16.3. The molecule has 1 fully saturated rings. The smallest absolute Gasteiger partial charge is 0.286 e. The van der Waals surface area contributed by atoms with Crippen molar-refractivity contribution in [3.63, 3.8) is 0 Å². The number of carbonyl (C=O) groups excluding carboxylic acids is 2. The Hall–Kier alpha value is -2.18. The lowest BCUT2D eigenvalue weighted by atomic mass is 9.88. The molecular weight excluding hydrogens is 442 g/mol. The molecule has 1 amide bonds. The number of rotatable bonds is 1. The summed E-state index contributed by atoms with van der Waals surface area (Å²) in [6.07, 6.45) is 5.32. The molecule has 2 N–H and O–H groups in total. The summed E-state index contributed by atoms with van der Waals surface area (Å²) >= 11 is 9.82. The average molecular weight is 461 g/mol. The van der Waals surface area contributed by atoms with E-state index in [1.165, 1.54) is 11.1 Å². The number of hydrogen-bond acceptors (Lipinski definition) is 4. The fourth-order valence-corrected chi connectivity index (χ4v) is 4.61. The fourth-order valence-electron chi connectivity index (χ4n) is 4.04. The minimum absolute atomic E-state index is 0.385. The summed E-state index contributed by atoms with van der Waals surface area (Å²) in [6.45, 7) is 1.06. The quantitative estimate of drug-likeness (QED) is 0.399. The summed E-state index contributed by atoms with van der Waals surface area (Å²) in [7, 11) is 0. The van der Waals surface area contributed by atoms with Gasteiger partial charge in [0.15, 0.2) is 0 Å². The molecule has 0 radical (unpaired) electrons. The van der Waals surface area contributed by atoms with E-state index in [-0.39, 0.29) is 0 Å². The van der Waals surface area contributed by atoms with Crippen LogP contribution in [0.25, 0.3) is 5.57 Å². The molecule has 1 aromatic carbocycles. The zero-order chi connectivity index (χ0) is 19.8. The Balaban J connectivity index is 1.87. The van der Waals surface area contributed by atoms with Gasteiger partial charge >= 0.3 is 0 Å². The number of amides is 1. The molecule has 0 bridgehead atoms. The lowest BCUT2D eigenvalue weighted by molar-refractivity contribution is -0.139. The topological polar surface area (TPSA) is 76.3 Å². The molecule has 0 saturated carbocycles. The number of fused-ring (bicyclic) bond motifs is 2. The van der Waals surface area contributed by atoms with Gasteiger partial charge in [-0.3, -0.25) is 14.6 Å². The van der Waals surface area contributed by atoms with Crippen molar-refractivity contribution in [2.45, 2.75) is 25.7 Å². The van der Waals surface area contributed by atoms with E-state index in [1.54, 1.807) is 4.90 Å². The number of carbonyl (C=O) groups is 2. The molecule has 2 aromatic rings. The number of pyridine rings is 1. The number of aryl methyl sites for hydroxylation is 2. The zero-order valence-electron chi connectivity index (χ0n) is 15.2. The van der Waals surface area contributed by atoms with E-state index in [4.69, 9.17) is 22.3 Å². The third-order valence-corrected chi connectivity index (χ3v) is 6.22. The van der Waals surface area contributed by atoms with Crippen molar-refractivity contribution in [3.8, 4) is 0 Å². The van der Waals surface area contributed by atoms with Crippen molar-refractivity contribution in [2.75, 3.05) is 18.8 Å². The molecule has 0 unspecified atom stereocenters. The van der Waals surface area contributed by atoms with Crippen LogP contribution in [0.5, 0.6) is 0 Å². The van der Waals surface area contributed by atoms with Gasteiger partial charge in [0.1, 0.15) is 0 Å². The van der Waals surface area contributed by atoms with Gasteiger partial charge in [0, 0.05) is 29.3 Å². The third-order valence-electron chi connectivity index (χ3n) is 5.46. The zero-order valence-corrected chi connectivity index (χ0v) is 17.5. The van der Waals surface area contributed by atoms with Crippen molar-refractivity contribution in [3.05, 3.63) is 61.8 Å². The first kappa shape index (κ1) is 19.2. The van der Waals surface area contributed by atoms with Gasteiger partial charge in [-0.15, -0.1) is 0 Å². The first-order valence-corrected chi connectivity index (χ1v) is 10.3. The Morgan fingerprint density at radius 3 is 2.57 bits per heavy atom. The van der Waals surface area contributed by atoms with Crippen LogP contribution in [-0.2, 0) is 22.4 Å². The SMILES string of the molecule is Nc1cc2c(cc1Cl)CCc1cc(Br)cnc1C2=C1CCN(C(=O)C=O)CC1. The molecule has 0 atom stereocenters. The van der Waals surface area contributed by atoms with Crippen molar-refractivity contribution >= 4 is 51.0 Å². The average Bonchev–Trinajstić information content (AvgIpc) is 2.84. The predicted octanol–water partition coefficient (Wildman–Crippen LogP) is 3.80. The highest BCUT2D eigenvalue weighted by atomic mass is 79.9. The van der Waals surface area contributed by atoms with E-state index < -0.39 is 5.91 Å². The van der Waals surface area contributed by atoms with Crippen LogP contribution < -0.4 is 5.73 Å². The maximum atomic E-state index is 11.7. The number of nitrogen functional groups attached to an aromatic ring is 1. The summed E-state index contributed by atoms with van der Waals surface area (Å²) < 4.78 is 0.950. The Morgan fingerprint density at radius 2 is 1.86 bits per heavy atom. The fraction of sp³-hybridized carbons (Fsp3) is 0.286. The van der Waals surface area contributed by atoms with Crippen molar-refractivity contribution in [2.24, 2.45) is 0 Å². The summed E-state index contributed by atoms with van der Waals surface area (Å²) in [5.74, 6) is -0.455. The van der Waals surface area contributed by atoms with Gasteiger partial charge in [-0.05, 0) is 76.5 Å². The van der Waals surface area contributed by atoms with Crippen LogP contribution in [0.1, 0.15) is 35.2 Å². The Kier molecular flexibility index (Phi) is 5.25. The van der Waals surface area contributed by atoms with E-state index in [2.05, 4.69) is 22.0 Å². The van der Waals surface area contributed by atoms with Crippen molar-refractivity contribution < 1.29 is 9.59 Å². The Labute approximate surface area is 176 Å². The van der Waals surface area contributed by atoms with Crippen molar-refractivity contribution in [1.29, 1.82) is 0 Å². The number of nitrogens with zero attached hydrogens (tertiary/aromatic N) is 2. The molecular formula is C21H19BrClN3O2. The maximum absolute atomic E-state index is 11.7. The second-order valence-corrected chi connectivity index (χ2v) is 8.44. The van der Waals surface area contributed by atoms with Crippen LogP contribution in [0, 0.1) is 0 Å². The largest absolute Gasteiger partial charge is 0.398 e. The van der Waals surface area contributed by atoms with Crippen LogP contribution in [-0.4, -0.2) is 35.2 Å². The second-order valence-electron chi connectivity index (χ2n) is 7.11. The maximum Gasteiger partial charge on any atom is 0.286 e. The van der Waals surface area contributed by atoms with E-state index >= 15 is 0 Å². The Bertz CT molecular complexity index is 1010. The van der Waals surface area contributed by atoms with Gasteiger partial charge in [0.05, 0.1) is 16.4 Å². The standard InChI is InChI=1S/C21H19BrClN3O2/c22-15-7-14-2-1-13-8-17(23)18(24)9-16(13)20(21(14)25-10-15)12-3-5-26(6-4-12)19(28)11-27/h7-11H,1-6,24H2. The van der Waals surface area contributed by atoms with E-state index in [9.17, 15) is 9.59 Å². The number of hydrogen-bond donors (Lipinski definition) is 1. The molecule has 0 spiro atoms. The summed E-state index contributed by atoms with van der Waals surface area (Å²) in [6, 6.07) is 6.02. The number of nitrogens with two attached hydrogens (primary N) is 1. The van der Waals surface area contributed by atoms with Gasteiger partial charge < -0.3 is 10.6 Å². The highest BCUT2D eigenvalue weighted by Crippen LogP contribution is 2.40. The molecule has 1 aliphatic carbocycles. The second kappa shape index (κ2) is 7.68. The number of piperidine rings is 1. The molecule has 2 heterocycles. The van der Waals surface area contributed by atoms with Gasteiger partial charge in [0.25, 0.3) is 5.91 Å². The van der Waals surface area contributed by atoms with Gasteiger partial charge in [-0.1, -0.05) is 17.2 Å². The van der Waals surface area contributed by atoms with Gasteiger partial charge in [-0.2, -0.15) is 0 Å². The van der Waals surface area contributed by atoms with E-state index in [0.717, 1.165) is 39.7 Å². The molecule has 7 heteroatoms. The van der Waals surface area contributed by atoms with Crippen LogP contribution in [0.2, 0.25) is 5.02 Å². The number of aldehydes is 1. The summed E-state index contributed by atoms with van der Waals surface area (Å²) in [4.78, 5) is 28.9. The highest BCUT2D eigenvalue weighted by molar-refractivity contribution is 9.10. The minimum atomic E-state index is -0.455. The lowest BCUT2D eigenvalue weighted by Crippen LogP contribution is -2.37. The molecule has 4 rings (SSSR count). The lowest BCUT2D eigenvalue weighted by Gasteiger charge is -2.29. The summed E-state index contributed by atoms with van der Waals surface area (Å²) in [5, 5.41) is 0.564. The highest BCUT2D eigenvalue weighted by Gasteiger charge is 2.27. The van der Waals surface area contributed by atoms with Crippen LogP contribution in [0.3, 0.4) is 0 Å². The van der Waals surface area contributed by atoms with E-state index in [1.807, 2.05) is 18.3 Å². The first-order valence-electron chi connectivity index (χ1n) is 9.17. The molecule has 2 aliphatic rings. The summed E-state index contributed by atoms with van der Waals surface area (Å²) in [5.41, 5.74) is 13.4. The molecule has 1 aromatic heterocycles. The monoisotopic (exact) mass is 459 g/mol. The van der Waals surface area contributed by atoms with E-state index in [0.29, 0.717) is 42.9 Å². The Morgan fingerprint density at radius 1 is 1.14 bits per heavy atom. The third kappa shape index (κ3) is 3.47. The van der Waals surface area contributed by atoms with Gasteiger partial charge in [-0.25, -0.2) is 0 Å². The number of aromatic nitrogens is 1. The molecule has 1 saturated heterocycles. The van der Waals surface area contributed by atoms with Crippen molar-refractivity contribution in [1.82, 2.24) is 9.88 Å². The number of halogens is 2. The predicted molar refractivity (Wildman–Crippen MR) is 113 cm³/mol.